The van der Waals surface area contributed by atoms with Gasteiger partial charge in [0.05, 0.1) is 6.04 Å². The summed E-state index contributed by atoms with van der Waals surface area (Å²) in [5, 5.41) is 4.32. The summed E-state index contributed by atoms with van der Waals surface area (Å²) in [5.74, 6) is 3.62. The first-order chi connectivity index (χ1) is 11.7. The standard InChI is InChI=1S/C19H25N3O2/c1-14-12-17(14)18-7-5-16(24-18)6-8-19(23)21-10-2-4-15(13-21)22-11-3-9-20-22/h3,5,7,9,11,14-15,17H,2,4,6,8,10,12-13H2,1H3. The topological polar surface area (TPSA) is 51.3 Å². The molecule has 0 N–H and O–H groups in total. The van der Waals surface area contributed by atoms with E-state index in [1.54, 1.807) is 6.20 Å². The summed E-state index contributed by atoms with van der Waals surface area (Å²) in [6.45, 7) is 3.88. The molecule has 1 aliphatic heterocycles. The average molecular weight is 327 g/mol. The van der Waals surface area contributed by atoms with Gasteiger partial charge < -0.3 is 9.32 Å². The number of rotatable bonds is 5. The van der Waals surface area contributed by atoms with E-state index in [4.69, 9.17) is 4.42 Å². The Morgan fingerprint density at radius 2 is 2.29 bits per heavy atom. The maximum Gasteiger partial charge on any atom is 0.223 e. The zero-order chi connectivity index (χ0) is 16.5. The van der Waals surface area contributed by atoms with Crippen molar-refractivity contribution in [3.63, 3.8) is 0 Å². The maximum absolute atomic E-state index is 12.5. The molecule has 2 aromatic heterocycles. The molecule has 0 spiro atoms. The molecule has 2 aromatic rings. The molecule has 2 fully saturated rings. The summed E-state index contributed by atoms with van der Waals surface area (Å²) in [4.78, 5) is 14.5. The molecule has 2 aliphatic rings. The highest BCUT2D eigenvalue weighted by Crippen LogP contribution is 2.47. The van der Waals surface area contributed by atoms with Gasteiger partial charge in [0, 0.05) is 44.2 Å². The van der Waals surface area contributed by atoms with Gasteiger partial charge in [0.15, 0.2) is 0 Å². The Morgan fingerprint density at radius 1 is 1.42 bits per heavy atom. The second-order valence-corrected chi connectivity index (χ2v) is 7.25. The van der Waals surface area contributed by atoms with Gasteiger partial charge in [0.1, 0.15) is 11.5 Å². The van der Waals surface area contributed by atoms with E-state index in [0.717, 1.165) is 43.4 Å². The molecular weight excluding hydrogens is 302 g/mol. The van der Waals surface area contributed by atoms with Crippen molar-refractivity contribution >= 4 is 5.91 Å². The van der Waals surface area contributed by atoms with Crippen molar-refractivity contribution in [1.29, 1.82) is 0 Å². The SMILES string of the molecule is CC1CC1c1ccc(CCC(=O)N2CCCC(n3cccn3)C2)o1. The number of carbonyl (C=O) groups excluding carboxylic acids is 1. The van der Waals surface area contributed by atoms with Gasteiger partial charge >= 0.3 is 0 Å². The van der Waals surface area contributed by atoms with Crippen LogP contribution in [0.2, 0.25) is 0 Å². The van der Waals surface area contributed by atoms with Crippen molar-refractivity contribution in [2.75, 3.05) is 13.1 Å². The highest BCUT2D eigenvalue weighted by molar-refractivity contribution is 5.76. The van der Waals surface area contributed by atoms with Crippen molar-refractivity contribution in [2.45, 2.75) is 51.0 Å². The summed E-state index contributed by atoms with van der Waals surface area (Å²) in [6.07, 6.45) is 8.38. The van der Waals surface area contributed by atoms with Gasteiger partial charge in [-0.3, -0.25) is 9.48 Å². The molecule has 5 nitrogen and oxygen atoms in total. The van der Waals surface area contributed by atoms with Crippen molar-refractivity contribution in [3.05, 3.63) is 42.1 Å². The minimum atomic E-state index is 0.226. The van der Waals surface area contributed by atoms with Crippen LogP contribution in [0.15, 0.2) is 35.0 Å². The van der Waals surface area contributed by atoms with Crippen LogP contribution in [0.4, 0.5) is 0 Å². The largest absolute Gasteiger partial charge is 0.466 e. The second-order valence-electron chi connectivity index (χ2n) is 7.25. The first-order valence-electron chi connectivity index (χ1n) is 9.06. The fourth-order valence-electron chi connectivity index (χ4n) is 3.73. The summed E-state index contributed by atoms with van der Waals surface area (Å²) in [5.41, 5.74) is 0. The van der Waals surface area contributed by atoms with Crippen LogP contribution in [0.5, 0.6) is 0 Å². The lowest BCUT2D eigenvalue weighted by Crippen LogP contribution is -2.40. The first kappa shape index (κ1) is 15.5. The second kappa shape index (κ2) is 6.46. The van der Waals surface area contributed by atoms with Crippen molar-refractivity contribution < 1.29 is 9.21 Å². The zero-order valence-electron chi connectivity index (χ0n) is 14.2. The molecule has 1 aliphatic carbocycles. The zero-order valence-corrected chi connectivity index (χ0v) is 14.2. The van der Waals surface area contributed by atoms with Crippen molar-refractivity contribution in [3.8, 4) is 0 Å². The Kier molecular flexibility index (Phi) is 4.17. The predicted octanol–water partition coefficient (Wildman–Crippen LogP) is 3.40. The van der Waals surface area contributed by atoms with Crippen LogP contribution >= 0.6 is 0 Å². The molecule has 128 valence electrons. The van der Waals surface area contributed by atoms with Gasteiger partial charge in [0.2, 0.25) is 5.91 Å². The fraction of sp³-hybridized carbons (Fsp3) is 0.579. The van der Waals surface area contributed by atoms with E-state index >= 15 is 0 Å². The van der Waals surface area contributed by atoms with Crippen molar-refractivity contribution in [2.24, 2.45) is 5.92 Å². The highest BCUT2D eigenvalue weighted by atomic mass is 16.3. The quantitative estimate of drug-likeness (QED) is 0.846. The Balaban J connectivity index is 1.30. The van der Waals surface area contributed by atoms with Gasteiger partial charge in [-0.2, -0.15) is 5.10 Å². The molecule has 0 radical (unpaired) electrons. The molecule has 3 atom stereocenters. The summed E-state index contributed by atoms with van der Waals surface area (Å²) in [6, 6.07) is 6.37. The molecule has 3 unspecified atom stereocenters. The minimum Gasteiger partial charge on any atom is -0.466 e. The smallest absolute Gasteiger partial charge is 0.223 e. The van der Waals surface area contributed by atoms with E-state index in [-0.39, 0.29) is 5.91 Å². The Labute approximate surface area is 142 Å². The van der Waals surface area contributed by atoms with Gasteiger partial charge in [-0.15, -0.1) is 0 Å². The van der Waals surface area contributed by atoms with Crippen LogP contribution < -0.4 is 0 Å². The van der Waals surface area contributed by atoms with Gasteiger partial charge in [0.25, 0.3) is 0 Å². The van der Waals surface area contributed by atoms with E-state index in [1.165, 1.54) is 6.42 Å². The number of hydrogen-bond acceptors (Lipinski definition) is 3. The molecular formula is C19H25N3O2. The van der Waals surface area contributed by atoms with E-state index in [9.17, 15) is 4.79 Å². The molecule has 4 rings (SSSR count). The first-order valence-corrected chi connectivity index (χ1v) is 9.06. The number of hydrogen-bond donors (Lipinski definition) is 0. The molecule has 3 heterocycles. The highest BCUT2D eigenvalue weighted by Gasteiger charge is 2.36. The summed E-state index contributed by atoms with van der Waals surface area (Å²) < 4.78 is 7.89. The lowest BCUT2D eigenvalue weighted by atomic mass is 10.1. The van der Waals surface area contributed by atoms with E-state index in [0.29, 0.717) is 24.8 Å². The normalized spacial score (nSPS) is 26.5. The summed E-state index contributed by atoms with van der Waals surface area (Å²) in [7, 11) is 0. The Hall–Kier alpha value is -2.04. The van der Waals surface area contributed by atoms with Crippen LogP contribution in [0.1, 0.15) is 56.1 Å². The molecule has 1 amide bonds. The molecule has 1 saturated carbocycles. The number of aromatic nitrogens is 2. The minimum absolute atomic E-state index is 0.226. The van der Waals surface area contributed by atoms with E-state index in [1.807, 2.05) is 27.9 Å². The van der Waals surface area contributed by atoms with Crippen LogP contribution in [0, 0.1) is 5.92 Å². The van der Waals surface area contributed by atoms with Crippen LogP contribution in [-0.2, 0) is 11.2 Å². The number of aryl methyl sites for hydroxylation is 1. The maximum atomic E-state index is 12.5. The van der Waals surface area contributed by atoms with Crippen LogP contribution in [-0.4, -0.2) is 33.7 Å². The van der Waals surface area contributed by atoms with Crippen molar-refractivity contribution in [1.82, 2.24) is 14.7 Å². The Bertz CT molecular complexity index is 691. The molecule has 24 heavy (non-hydrogen) atoms. The van der Waals surface area contributed by atoms with Crippen LogP contribution in [0.3, 0.4) is 0 Å². The third kappa shape index (κ3) is 3.25. The van der Waals surface area contributed by atoms with Crippen LogP contribution in [0.25, 0.3) is 0 Å². The summed E-state index contributed by atoms with van der Waals surface area (Å²) >= 11 is 0. The van der Waals surface area contributed by atoms with Gasteiger partial charge in [-0.05, 0) is 43.4 Å². The monoisotopic (exact) mass is 327 g/mol. The molecule has 5 heteroatoms. The number of nitrogens with zero attached hydrogens (tertiary/aromatic N) is 3. The lowest BCUT2D eigenvalue weighted by Gasteiger charge is -2.33. The number of carbonyl (C=O) groups is 1. The Morgan fingerprint density at radius 3 is 3.04 bits per heavy atom. The molecule has 0 aromatic carbocycles. The molecule has 0 bridgehead atoms. The fourth-order valence-corrected chi connectivity index (χ4v) is 3.73. The number of piperidine rings is 1. The van der Waals surface area contributed by atoms with Gasteiger partial charge in [-0.25, -0.2) is 0 Å². The predicted molar refractivity (Wildman–Crippen MR) is 90.6 cm³/mol. The van der Waals surface area contributed by atoms with Gasteiger partial charge in [-0.1, -0.05) is 6.92 Å². The molecule has 1 saturated heterocycles. The van der Waals surface area contributed by atoms with E-state index in [2.05, 4.69) is 18.1 Å². The number of furan rings is 1. The average Bonchev–Trinajstić information content (AvgIpc) is 3.04. The van der Waals surface area contributed by atoms with E-state index < -0.39 is 0 Å². The third-order valence-electron chi connectivity index (χ3n) is 5.39. The number of amides is 1. The third-order valence-corrected chi connectivity index (χ3v) is 5.39. The lowest BCUT2D eigenvalue weighted by molar-refractivity contribution is -0.132. The number of likely N-dealkylation sites (tertiary alicyclic amines) is 1.